The van der Waals surface area contributed by atoms with Crippen LogP contribution in [-0.2, 0) is 0 Å². The fourth-order valence-corrected chi connectivity index (χ4v) is 2.28. The second-order valence-electron chi connectivity index (χ2n) is 4.68. The van der Waals surface area contributed by atoms with Crippen molar-refractivity contribution in [1.82, 2.24) is 0 Å². The molecular weight excluding hydrogens is 224 g/mol. The first-order valence-electron chi connectivity index (χ1n) is 5.98. The van der Waals surface area contributed by atoms with Crippen molar-refractivity contribution in [3.05, 3.63) is 47.0 Å². The Labute approximate surface area is 108 Å². The van der Waals surface area contributed by atoms with Crippen LogP contribution >= 0.6 is 0 Å². The van der Waals surface area contributed by atoms with Crippen LogP contribution in [0.25, 0.3) is 11.1 Å². The predicted molar refractivity (Wildman–Crippen MR) is 74.3 cm³/mol. The summed E-state index contributed by atoms with van der Waals surface area (Å²) >= 11 is 0. The van der Waals surface area contributed by atoms with E-state index in [0.29, 0.717) is 0 Å². The highest BCUT2D eigenvalue weighted by atomic mass is 16.5. The lowest BCUT2D eigenvalue weighted by molar-refractivity contribution is 0.415. The SMILES string of the molecule is COc1cc(C)cc(C)c1-c1cc(C)ccc1O. The fourth-order valence-electron chi connectivity index (χ4n) is 2.28. The molecule has 0 fully saturated rings. The van der Waals surface area contributed by atoms with Gasteiger partial charge in [-0.3, -0.25) is 0 Å². The maximum Gasteiger partial charge on any atom is 0.127 e. The molecule has 0 aliphatic carbocycles. The fraction of sp³-hybridized carbons (Fsp3) is 0.250. The zero-order chi connectivity index (χ0) is 13.3. The van der Waals surface area contributed by atoms with Crippen molar-refractivity contribution in [2.75, 3.05) is 7.11 Å². The van der Waals surface area contributed by atoms with Gasteiger partial charge in [0.25, 0.3) is 0 Å². The molecule has 18 heavy (non-hydrogen) atoms. The van der Waals surface area contributed by atoms with Gasteiger partial charge in [-0.2, -0.15) is 0 Å². The molecule has 2 aromatic rings. The molecule has 2 nitrogen and oxygen atoms in total. The van der Waals surface area contributed by atoms with Crippen LogP contribution in [0.3, 0.4) is 0 Å². The summed E-state index contributed by atoms with van der Waals surface area (Å²) in [4.78, 5) is 0. The summed E-state index contributed by atoms with van der Waals surface area (Å²) in [6.45, 7) is 6.08. The molecule has 0 saturated carbocycles. The molecule has 0 radical (unpaired) electrons. The molecule has 0 aromatic heterocycles. The Morgan fingerprint density at radius 2 is 1.67 bits per heavy atom. The standard InChI is InChI=1S/C16H18O2/c1-10-5-6-14(17)13(8-10)16-12(3)7-11(2)9-15(16)18-4/h5-9,17H,1-4H3. The molecule has 0 bridgehead atoms. The second-order valence-corrected chi connectivity index (χ2v) is 4.68. The number of phenols is 1. The van der Waals surface area contributed by atoms with E-state index in [4.69, 9.17) is 4.74 Å². The largest absolute Gasteiger partial charge is 0.507 e. The van der Waals surface area contributed by atoms with E-state index in [1.165, 1.54) is 0 Å². The summed E-state index contributed by atoms with van der Waals surface area (Å²) in [5.41, 5.74) is 5.16. The van der Waals surface area contributed by atoms with Crippen molar-refractivity contribution in [3.8, 4) is 22.6 Å². The first-order valence-corrected chi connectivity index (χ1v) is 5.98. The smallest absolute Gasteiger partial charge is 0.127 e. The highest BCUT2D eigenvalue weighted by Gasteiger charge is 2.13. The number of hydrogen-bond donors (Lipinski definition) is 1. The molecule has 2 aromatic carbocycles. The van der Waals surface area contributed by atoms with Crippen LogP contribution in [0.15, 0.2) is 30.3 Å². The first kappa shape index (κ1) is 12.5. The van der Waals surface area contributed by atoms with Gasteiger partial charge in [0.05, 0.1) is 7.11 Å². The van der Waals surface area contributed by atoms with Gasteiger partial charge < -0.3 is 9.84 Å². The van der Waals surface area contributed by atoms with E-state index in [9.17, 15) is 5.11 Å². The molecule has 0 atom stereocenters. The topological polar surface area (TPSA) is 29.5 Å². The molecule has 0 heterocycles. The molecule has 1 N–H and O–H groups in total. The van der Waals surface area contributed by atoms with Crippen LogP contribution < -0.4 is 4.74 Å². The van der Waals surface area contributed by atoms with Crippen molar-refractivity contribution in [1.29, 1.82) is 0 Å². The molecule has 0 saturated heterocycles. The van der Waals surface area contributed by atoms with Crippen LogP contribution in [-0.4, -0.2) is 12.2 Å². The Morgan fingerprint density at radius 1 is 0.944 bits per heavy atom. The average molecular weight is 242 g/mol. The third kappa shape index (κ3) is 2.19. The monoisotopic (exact) mass is 242 g/mol. The van der Waals surface area contributed by atoms with Crippen molar-refractivity contribution in [3.63, 3.8) is 0 Å². The van der Waals surface area contributed by atoms with Gasteiger partial charge in [-0.1, -0.05) is 17.7 Å². The van der Waals surface area contributed by atoms with Gasteiger partial charge in [0.15, 0.2) is 0 Å². The predicted octanol–water partition coefficient (Wildman–Crippen LogP) is 3.99. The molecule has 2 rings (SSSR count). The summed E-state index contributed by atoms with van der Waals surface area (Å²) in [5.74, 6) is 1.08. The maximum absolute atomic E-state index is 10.0. The Balaban J connectivity index is 2.74. The van der Waals surface area contributed by atoms with Gasteiger partial charge in [-0.05, 0) is 50.1 Å². The minimum Gasteiger partial charge on any atom is -0.507 e. The van der Waals surface area contributed by atoms with Gasteiger partial charge >= 0.3 is 0 Å². The summed E-state index contributed by atoms with van der Waals surface area (Å²) < 4.78 is 5.45. The molecule has 0 spiro atoms. The van der Waals surface area contributed by atoms with Crippen LogP contribution in [0.1, 0.15) is 16.7 Å². The van der Waals surface area contributed by atoms with Gasteiger partial charge in [-0.15, -0.1) is 0 Å². The lowest BCUT2D eigenvalue weighted by atomic mass is 9.95. The zero-order valence-corrected chi connectivity index (χ0v) is 11.2. The van der Waals surface area contributed by atoms with Crippen molar-refractivity contribution < 1.29 is 9.84 Å². The number of phenolic OH excluding ortho intramolecular Hbond substituents is 1. The summed E-state index contributed by atoms with van der Waals surface area (Å²) in [5, 5.41) is 10.0. The average Bonchev–Trinajstić information content (AvgIpc) is 2.32. The van der Waals surface area contributed by atoms with Crippen molar-refractivity contribution in [2.24, 2.45) is 0 Å². The molecule has 0 amide bonds. The highest BCUT2D eigenvalue weighted by Crippen LogP contribution is 2.39. The second kappa shape index (κ2) is 4.73. The summed E-state index contributed by atoms with van der Waals surface area (Å²) in [6.07, 6.45) is 0. The van der Waals surface area contributed by atoms with E-state index in [1.807, 2.05) is 39.0 Å². The lowest BCUT2D eigenvalue weighted by Crippen LogP contribution is -1.93. The maximum atomic E-state index is 10.0. The molecular formula is C16H18O2. The van der Waals surface area contributed by atoms with E-state index >= 15 is 0 Å². The zero-order valence-electron chi connectivity index (χ0n) is 11.2. The van der Waals surface area contributed by atoms with E-state index in [-0.39, 0.29) is 5.75 Å². The summed E-state index contributed by atoms with van der Waals surface area (Å²) in [6, 6.07) is 9.69. The lowest BCUT2D eigenvalue weighted by Gasteiger charge is -2.15. The number of methoxy groups -OCH3 is 1. The van der Waals surface area contributed by atoms with E-state index in [0.717, 1.165) is 33.6 Å². The summed E-state index contributed by atoms with van der Waals surface area (Å²) in [7, 11) is 1.66. The van der Waals surface area contributed by atoms with Crippen LogP contribution in [0, 0.1) is 20.8 Å². The molecule has 0 aliphatic rings. The van der Waals surface area contributed by atoms with Gasteiger partial charge in [-0.25, -0.2) is 0 Å². The highest BCUT2D eigenvalue weighted by molar-refractivity contribution is 5.79. The number of ether oxygens (including phenoxy) is 1. The van der Waals surface area contributed by atoms with E-state index in [2.05, 4.69) is 6.07 Å². The number of benzene rings is 2. The van der Waals surface area contributed by atoms with Crippen LogP contribution in [0.4, 0.5) is 0 Å². The normalized spacial score (nSPS) is 10.4. The van der Waals surface area contributed by atoms with Crippen molar-refractivity contribution in [2.45, 2.75) is 20.8 Å². The number of rotatable bonds is 2. The van der Waals surface area contributed by atoms with Crippen molar-refractivity contribution >= 4 is 0 Å². The number of aryl methyl sites for hydroxylation is 3. The molecule has 0 unspecified atom stereocenters. The Kier molecular flexibility index (Phi) is 3.28. The van der Waals surface area contributed by atoms with Gasteiger partial charge in [0, 0.05) is 11.1 Å². The Hall–Kier alpha value is -1.96. The third-order valence-corrected chi connectivity index (χ3v) is 3.08. The minimum absolute atomic E-state index is 0.283. The number of hydrogen-bond acceptors (Lipinski definition) is 2. The number of aromatic hydroxyl groups is 1. The third-order valence-electron chi connectivity index (χ3n) is 3.08. The molecule has 94 valence electrons. The van der Waals surface area contributed by atoms with Gasteiger partial charge in [0.1, 0.15) is 11.5 Å². The Bertz CT molecular complexity index is 586. The van der Waals surface area contributed by atoms with Crippen LogP contribution in [0.5, 0.6) is 11.5 Å². The van der Waals surface area contributed by atoms with E-state index in [1.54, 1.807) is 13.2 Å². The first-order chi connectivity index (χ1) is 8.52. The van der Waals surface area contributed by atoms with E-state index < -0.39 is 0 Å². The Morgan fingerprint density at radius 3 is 2.33 bits per heavy atom. The molecule has 2 heteroatoms. The minimum atomic E-state index is 0.283. The van der Waals surface area contributed by atoms with Gasteiger partial charge in [0.2, 0.25) is 0 Å². The molecule has 0 aliphatic heterocycles. The van der Waals surface area contributed by atoms with Crippen LogP contribution in [0.2, 0.25) is 0 Å². The quantitative estimate of drug-likeness (QED) is 0.862.